The predicted octanol–water partition coefficient (Wildman–Crippen LogP) is 1.30. The molecule has 0 bridgehead atoms. The van der Waals surface area contributed by atoms with Gasteiger partial charge >= 0.3 is 0 Å². The van der Waals surface area contributed by atoms with Crippen LogP contribution in [-0.2, 0) is 6.54 Å². The number of aromatic nitrogens is 2. The van der Waals surface area contributed by atoms with E-state index in [9.17, 15) is 4.91 Å². The van der Waals surface area contributed by atoms with E-state index in [1.165, 1.54) is 0 Å². The fourth-order valence-electron chi connectivity index (χ4n) is 0.576. The van der Waals surface area contributed by atoms with Crippen LogP contribution in [0, 0.1) is 4.91 Å². The third kappa shape index (κ3) is 1.13. The molecule has 0 atom stereocenters. The number of hydrogen-bond donors (Lipinski definition) is 0. The van der Waals surface area contributed by atoms with Crippen LogP contribution < -0.4 is 0 Å². The van der Waals surface area contributed by atoms with Gasteiger partial charge in [0, 0.05) is 18.8 Å². The van der Waals surface area contributed by atoms with Crippen LogP contribution in [0.25, 0.3) is 0 Å². The van der Waals surface area contributed by atoms with Crippen LogP contribution in [0.3, 0.4) is 0 Å². The van der Waals surface area contributed by atoms with Crippen molar-refractivity contribution in [3.63, 3.8) is 0 Å². The molecule has 4 heteroatoms. The summed E-state index contributed by atoms with van der Waals surface area (Å²) >= 11 is 0. The Bertz CT molecular complexity index is 206. The molecule has 1 aromatic rings. The minimum atomic E-state index is 0.247. The number of hydrogen-bond acceptors (Lipinski definition) is 3. The predicted molar refractivity (Wildman–Crippen MR) is 33.4 cm³/mol. The van der Waals surface area contributed by atoms with Crippen LogP contribution in [0.1, 0.15) is 6.92 Å². The Hall–Kier alpha value is -1.19. The van der Waals surface area contributed by atoms with Gasteiger partial charge in [0.15, 0.2) is 0 Å². The summed E-state index contributed by atoms with van der Waals surface area (Å²) in [7, 11) is 0. The van der Waals surface area contributed by atoms with Crippen molar-refractivity contribution in [2.75, 3.05) is 0 Å². The largest absolute Gasteiger partial charge is 0.271 e. The SMILES string of the molecule is CCn1ccc(N=O)n1. The zero-order chi connectivity index (χ0) is 6.69. The Morgan fingerprint density at radius 3 is 3.00 bits per heavy atom. The molecule has 0 aliphatic carbocycles. The molecule has 0 aliphatic rings. The number of nitrogens with zero attached hydrogens (tertiary/aromatic N) is 3. The first kappa shape index (κ1) is 5.94. The Labute approximate surface area is 52.5 Å². The highest BCUT2D eigenvalue weighted by Crippen LogP contribution is 2.04. The minimum Gasteiger partial charge on any atom is -0.271 e. The average Bonchev–Trinajstić information content (AvgIpc) is 2.34. The van der Waals surface area contributed by atoms with Crippen LogP contribution in [0.4, 0.5) is 5.82 Å². The zero-order valence-electron chi connectivity index (χ0n) is 5.11. The molecular formula is C5H7N3O. The van der Waals surface area contributed by atoms with E-state index < -0.39 is 0 Å². The van der Waals surface area contributed by atoms with E-state index in [1.54, 1.807) is 16.9 Å². The van der Waals surface area contributed by atoms with Gasteiger partial charge in [-0.15, -0.1) is 10.0 Å². The molecule has 0 spiro atoms. The van der Waals surface area contributed by atoms with Crippen LogP contribution >= 0.6 is 0 Å². The summed E-state index contributed by atoms with van der Waals surface area (Å²) in [5.74, 6) is 0.247. The maximum atomic E-state index is 9.81. The van der Waals surface area contributed by atoms with Crippen LogP contribution in [0.15, 0.2) is 17.4 Å². The van der Waals surface area contributed by atoms with Crippen molar-refractivity contribution >= 4 is 5.82 Å². The van der Waals surface area contributed by atoms with E-state index in [-0.39, 0.29) is 5.82 Å². The molecule has 4 nitrogen and oxygen atoms in total. The number of rotatable bonds is 2. The van der Waals surface area contributed by atoms with Gasteiger partial charge in [0.25, 0.3) is 0 Å². The summed E-state index contributed by atoms with van der Waals surface area (Å²) in [6, 6.07) is 1.58. The molecule has 0 unspecified atom stereocenters. The lowest BCUT2D eigenvalue weighted by atomic mass is 10.7. The fraction of sp³-hybridized carbons (Fsp3) is 0.400. The van der Waals surface area contributed by atoms with Crippen molar-refractivity contribution < 1.29 is 0 Å². The Morgan fingerprint density at radius 1 is 1.89 bits per heavy atom. The summed E-state index contributed by atoms with van der Waals surface area (Å²) in [4.78, 5) is 9.81. The number of nitroso groups, excluding NO2 is 1. The molecule has 0 amide bonds. The van der Waals surface area contributed by atoms with Crippen LogP contribution in [-0.4, -0.2) is 9.78 Å². The second-order valence-corrected chi connectivity index (χ2v) is 1.62. The topological polar surface area (TPSA) is 47.2 Å². The highest BCUT2D eigenvalue weighted by Gasteiger charge is 1.92. The zero-order valence-corrected chi connectivity index (χ0v) is 5.11. The monoisotopic (exact) mass is 125 g/mol. The highest BCUT2D eigenvalue weighted by molar-refractivity contribution is 5.22. The minimum absolute atomic E-state index is 0.247. The summed E-state index contributed by atoms with van der Waals surface area (Å²) in [6.07, 6.45) is 1.72. The quantitative estimate of drug-likeness (QED) is 0.559. The molecule has 1 aromatic heterocycles. The van der Waals surface area contributed by atoms with Crippen molar-refractivity contribution in [1.29, 1.82) is 0 Å². The standard InChI is InChI=1S/C5H7N3O/c1-2-8-4-3-5(6-8)7-9/h3-4H,2H2,1H3. The third-order valence-electron chi connectivity index (χ3n) is 1.04. The second-order valence-electron chi connectivity index (χ2n) is 1.62. The molecule has 9 heavy (non-hydrogen) atoms. The molecule has 0 fully saturated rings. The third-order valence-corrected chi connectivity index (χ3v) is 1.04. The first-order valence-corrected chi connectivity index (χ1v) is 2.73. The fourth-order valence-corrected chi connectivity index (χ4v) is 0.576. The molecule has 0 N–H and O–H groups in total. The van der Waals surface area contributed by atoms with Crippen LogP contribution in [0.5, 0.6) is 0 Å². The van der Waals surface area contributed by atoms with E-state index in [1.807, 2.05) is 6.92 Å². The Kier molecular flexibility index (Phi) is 1.58. The van der Waals surface area contributed by atoms with Crippen LogP contribution in [0.2, 0.25) is 0 Å². The molecule has 0 aliphatic heterocycles. The lowest BCUT2D eigenvalue weighted by molar-refractivity contribution is 0.661. The molecule has 0 radical (unpaired) electrons. The van der Waals surface area contributed by atoms with Gasteiger partial charge in [-0.2, -0.15) is 0 Å². The van der Waals surface area contributed by atoms with E-state index >= 15 is 0 Å². The maximum absolute atomic E-state index is 9.81. The van der Waals surface area contributed by atoms with Crippen molar-refractivity contribution in [3.8, 4) is 0 Å². The Balaban J connectivity index is 2.86. The number of aryl methyl sites for hydroxylation is 1. The molecule has 1 heterocycles. The van der Waals surface area contributed by atoms with Gasteiger partial charge in [0.05, 0.1) is 0 Å². The lowest BCUT2D eigenvalue weighted by Crippen LogP contribution is -1.92. The van der Waals surface area contributed by atoms with Gasteiger partial charge in [0.1, 0.15) is 0 Å². The van der Waals surface area contributed by atoms with E-state index in [2.05, 4.69) is 10.3 Å². The van der Waals surface area contributed by atoms with E-state index in [0.29, 0.717) is 0 Å². The molecule has 1 rings (SSSR count). The van der Waals surface area contributed by atoms with Gasteiger partial charge in [-0.3, -0.25) is 4.68 Å². The van der Waals surface area contributed by atoms with Gasteiger partial charge in [-0.25, -0.2) is 0 Å². The molecule has 0 saturated carbocycles. The lowest BCUT2D eigenvalue weighted by Gasteiger charge is -1.88. The Morgan fingerprint density at radius 2 is 2.67 bits per heavy atom. The van der Waals surface area contributed by atoms with Gasteiger partial charge < -0.3 is 0 Å². The maximum Gasteiger partial charge on any atom is 0.217 e. The second kappa shape index (κ2) is 2.39. The summed E-state index contributed by atoms with van der Waals surface area (Å²) in [6.45, 7) is 2.72. The highest BCUT2D eigenvalue weighted by atomic mass is 16.3. The van der Waals surface area contributed by atoms with Gasteiger partial charge in [0.2, 0.25) is 5.82 Å². The van der Waals surface area contributed by atoms with E-state index in [0.717, 1.165) is 6.54 Å². The van der Waals surface area contributed by atoms with Crippen molar-refractivity contribution in [3.05, 3.63) is 17.2 Å². The average molecular weight is 125 g/mol. The normalized spacial score (nSPS) is 9.44. The summed E-state index contributed by atoms with van der Waals surface area (Å²) in [5, 5.41) is 6.44. The van der Waals surface area contributed by atoms with Crippen molar-refractivity contribution in [2.45, 2.75) is 13.5 Å². The molecule has 48 valence electrons. The van der Waals surface area contributed by atoms with Crippen molar-refractivity contribution in [2.24, 2.45) is 5.18 Å². The summed E-state index contributed by atoms with van der Waals surface area (Å²) in [5.41, 5.74) is 0. The smallest absolute Gasteiger partial charge is 0.217 e. The first-order chi connectivity index (χ1) is 4.36. The van der Waals surface area contributed by atoms with Gasteiger partial charge in [-0.05, 0) is 12.1 Å². The van der Waals surface area contributed by atoms with Gasteiger partial charge in [-0.1, -0.05) is 0 Å². The van der Waals surface area contributed by atoms with Crippen molar-refractivity contribution in [1.82, 2.24) is 9.78 Å². The molecule has 0 aromatic carbocycles. The molecule has 0 saturated heterocycles. The van der Waals surface area contributed by atoms with E-state index in [4.69, 9.17) is 0 Å². The molecular weight excluding hydrogens is 118 g/mol. The summed E-state index contributed by atoms with van der Waals surface area (Å²) < 4.78 is 1.65. The first-order valence-electron chi connectivity index (χ1n) is 2.73.